The molecule has 1 aliphatic heterocycles. The Kier molecular flexibility index (Phi) is 2.92. The van der Waals surface area contributed by atoms with E-state index in [0.29, 0.717) is 0 Å². The summed E-state index contributed by atoms with van der Waals surface area (Å²) in [4.78, 5) is 6.96. The van der Waals surface area contributed by atoms with Crippen LogP contribution in [-0.4, -0.2) is 31.2 Å². The van der Waals surface area contributed by atoms with Gasteiger partial charge < -0.3 is 10.2 Å². The second kappa shape index (κ2) is 4.72. The minimum atomic E-state index is 1.06. The lowest BCUT2D eigenvalue weighted by Crippen LogP contribution is -2.28. The summed E-state index contributed by atoms with van der Waals surface area (Å²) in [5.41, 5.74) is 2.39. The highest BCUT2D eigenvalue weighted by molar-refractivity contribution is 5.90. The third-order valence-corrected chi connectivity index (χ3v) is 3.29. The molecule has 3 nitrogen and oxygen atoms in total. The van der Waals surface area contributed by atoms with Gasteiger partial charge in [-0.1, -0.05) is 18.2 Å². The molecule has 1 saturated heterocycles. The minimum Gasteiger partial charge on any atom is -0.368 e. The van der Waals surface area contributed by atoms with E-state index in [9.17, 15) is 0 Å². The summed E-state index contributed by atoms with van der Waals surface area (Å²) >= 11 is 0. The van der Waals surface area contributed by atoms with Crippen LogP contribution >= 0.6 is 0 Å². The highest BCUT2D eigenvalue weighted by Crippen LogP contribution is 2.24. The topological polar surface area (TPSA) is 28.2 Å². The fraction of sp³-hybridized carbons (Fsp3) is 0.357. The Morgan fingerprint density at radius 3 is 3.00 bits per heavy atom. The molecule has 0 spiro atoms. The van der Waals surface area contributed by atoms with Crippen LogP contribution in [0.25, 0.3) is 10.9 Å². The van der Waals surface area contributed by atoms with Crippen molar-refractivity contribution in [2.45, 2.75) is 6.42 Å². The van der Waals surface area contributed by atoms with Crippen molar-refractivity contribution in [2.75, 3.05) is 31.1 Å². The number of hydrogen-bond donors (Lipinski definition) is 1. The first-order valence-electron chi connectivity index (χ1n) is 6.24. The lowest BCUT2D eigenvalue weighted by atomic mass is 10.1. The van der Waals surface area contributed by atoms with Crippen LogP contribution in [-0.2, 0) is 0 Å². The minimum absolute atomic E-state index is 1.06. The second-order valence-electron chi connectivity index (χ2n) is 4.44. The summed E-state index contributed by atoms with van der Waals surface area (Å²) in [5.74, 6) is 0. The van der Waals surface area contributed by atoms with Gasteiger partial charge in [0.05, 0.1) is 11.2 Å². The van der Waals surface area contributed by atoms with Crippen molar-refractivity contribution in [3.8, 4) is 0 Å². The Bertz CT molecular complexity index is 496. The van der Waals surface area contributed by atoms with Gasteiger partial charge in [0.2, 0.25) is 0 Å². The molecular weight excluding hydrogens is 210 g/mol. The Hall–Kier alpha value is -1.61. The van der Waals surface area contributed by atoms with Gasteiger partial charge in [-0.25, -0.2) is 0 Å². The van der Waals surface area contributed by atoms with Crippen LogP contribution in [0.3, 0.4) is 0 Å². The molecule has 0 radical (unpaired) electrons. The van der Waals surface area contributed by atoms with Gasteiger partial charge in [0.15, 0.2) is 0 Å². The fourth-order valence-electron chi connectivity index (χ4n) is 2.43. The van der Waals surface area contributed by atoms with Crippen molar-refractivity contribution in [1.29, 1.82) is 0 Å². The van der Waals surface area contributed by atoms with Crippen LogP contribution < -0.4 is 10.2 Å². The van der Waals surface area contributed by atoms with Gasteiger partial charge in [-0.15, -0.1) is 0 Å². The van der Waals surface area contributed by atoms with Gasteiger partial charge in [-0.2, -0.15) is 0 Å². The van der Waals surface area contributed by atoms with E-state index in [1.165, 1.54) is 17.5 Å². The van der Waals surface area contributed by atoms with Crippen molar-refractivity contribution in [3.05, 3.63) is 36.5 Å². The van der Waals surface area contributed by atoms with E-state index < -0.39 is 0 Å². The van der Waals surface area contributed by atoms with E-state index in [4.69, 9.17) is 0 Å². The SMILES string of the molecule is c1cnc2c(N3CCCNCC3)cccc2c1. The standard InChI is InChI=1S/C14H17N3/c1-4-12-5-2-8-16-14(12)13(6-1)17-10-3-7-15-9-11-17/h1-2,4-6,8,15H,3,7,9-11H2. The van der Waals surface area contributed by atoms with E-state index in [0.717, 1.165) is 31.7 Å². The molecule has 0 unspecified atom stereocenters. The first-order chi connectivity index (χ1) is 8.45. The zero-order valence-corrected chi connectivity index (χ0v) is 9.89. The van der Waals surface area contributed by atoms with Crippen molar-refractivity contribution < 1.29 is 0 Å². The van der Waals surface area contributed by atoms with Crippen molar-refractivity contribution in [2.24, 2.45) is 0 Å². The molecule has 0 amide bonds. The predicted molar refractivity (Wildman–Crippen MR) is 71.4 cm³/mol. The maximum Gasteiger partial charge on any atom is 0.0935 e. The third-order valence-electron chi connectivity index (χ3n) is 3.29. The molecule has 88 valence electrons. The van der Waals surface area contributed by atoms with E-state index in [2.05, 4.69) is 39.5 Å². The summed E-state index contributed by atoms with van der Waals surface area (Å²) < 4.78 is 0. The second-order valence-corrected chi connectivity index (χ2v) is 4.44. The van der Waals surface area contributed by atoms with Gasteiger partial charge in [0.1, 0.15) is 0 Å². The normalized spacial score (nSPS) is 17.1. The van der Waals surface area contributed by atoms with Crippen LogP contribution in [0.15, 0.2) is 36.5 Å². The zero-order valence-electron chi connectivity index (χ0n) is 9.89. The van der Waals surface area contributed by atoms with Crippen LogP contribution in [0.1, 0.15) is 6.42 Å². The molecular formula is C14H17N3. The average molecular weight is 227 g/mol. The Balaban J connectivity index is 2.03. The molecule has 1 aromatic carbocycles. The maximum atomic E-state index is 4.52. The smallest absolute Gasteiger partial charge is 0.0935 e. The molecule has 1 N–H and O–H groups in total. The van der Waals surface area contributed by atoms with Crippen LogP contribution in [0.2, 0.25) is 0 Å². The number of para-hydroxylation sites is 1. The molecule has 0 saturated carbocycles. The van der Waals surface area contributed by atoms with E-state index in [-0.39, 0.29) is 0 Å². The average Bonchev–Trinajstić information content (AvgIpc) is 2.67. The van der Waals surface area contributed by atoms with Gasteiger partial charge >= 0.3 is 0 Å². The molecule has 17 heavy (non-hydrogen) atoms. The molecule has 1 aromatic heterocycles. The number of nitrogens with zero attached hydrogens (tertiary/aromatic N) is 2. The first kappa shape index (κ1) is 10.5. The quantitative estimate of drug-likeness (QED) is 0.808. The molecule has 0 atom stereocenters. The van der Waals surface area contributed by atoms with Crippen molar-refractivity contribution >= 4 is 16.6 Å². The van der Waals surface area contributed by atoms with E-state index in [1.54, 1.807) is 0 Å². The molecule has 3 heteroatoms. The number of fused-ring (bicyclic) bond motifs is 1. The lowest BCUT2D eigenvalue weighted by molar-refractivity contribution is 0.724. The Labute approximate surface area is 101 Å². The number of aromatic nitrogens is 1. The number of rotatable bonds is 1. The van der Waals surface area contributed by atoms with Crippen LogP contribution in [0, 0.1) is 0 Å². The third kappa shape index (κ3) is 2.11. The summed E-state index contributed by atoms with van der Waals surface area (Å²) in [7, 11) is 0. The molecule has 1 fully saturated rings. The number of anilines is 1. The molecule has 0 bridgehead atoms. The molecule has 2 heterocycles. The Morgan fingerprint density at radius 1 is 1.06 bits per heavy atom. The highest BCUT2D eigenvalue weighted by atomic mass is 15.2. The maximum absolute atomic E-state index is 4.52. The first-order valence-corrected chi connectivity index (χ1v) is 6.24. The van der Waals surface area contributed by atoms with Crippen LogP contribution in [0.5, 0.6) is 0 Å². The van der Waals surface area contributed by atoms with Crippen molar-refractivity contribution in [3.63, 3.8) is 0 Å². The lowest BCUT2D eigenvalue weighted by Gasteiger charge is -2.23. The molecule has 2 aromatic rings. The summed E-state index contributed by atoms with van der Waals surface area (Å²) in [6, 6.07) is 10.6. The fourth-order valence-corrected chi connectivity index (χ4v) is 2.43. The van der Waals surface area contributed by atoms with Gasteiger partial charge in [0, 0.05) is 31.2 Å². The van der Waals surface area contributed by atoms with Gasteiger partial charge in [-0.05, 0) is 25.1 Å². The van der Waals surface area contributed by atoms with E-state index in [1.807, 2.05) is 12.3 Å². The van der Waals surface area contributed by atoms with Gasteiger partial charge in [0.25, 0.3) is 0 Å². The summed E-state index contributed by atoms with van der Waals surface area (Å²) in [6.07, 6.45) is 3.07. The number of nitrogens with one attached hydrogen (secondary N) is 1. The zero-order chi connectivity index (χ0) is 11.5. The van der Waals surface area contributed by atoms with Crippen LogP contribution in [0.4, 0.5) is 5.69 Å². The summed E-state index contributed by atoms with van der Waals surface area (Å²) in [6.45, 7) is 4.36. The monoisotopic (exact) mass is 227 g/mol. The largest absolute Gasteiger partial charge is 0.368 e. The number of hydrogen-bond acceptors (Lipinski definition) is 3. The predicted octanol–water partition coefficient (Wildman–Crippen LogP) is 2.03. The number of benzene rings is 1. The van der Waals surface area contributed by atoms with E-state index >= 15 is 0 Å². The molecule has 0 aliphatic carbocycles. The summed E-state index contributed by atoms with van der Waals surface area (Å²) in [5, 5.41) is 4.66. The highest BCUT2D eigenvalue weighted by Gasteiger charge is 2.12. The van der Waals surface area contributed by atoms with Crippen molar-refractivity contribution in [1.82, 2.24) is 10.3 Å². The van der Waals surface area contributed by atoms with Gasteiger partial charge in [-0.3, -0.25) is 4.98 Å². The number of pyridine rings is 1. The Morgan fingerprint density at radius 2 is 2.00 bits per heavy atom. The molecule has 1 aliphatic rings. The molecule has 3 rings (SSSR count).